The van der Waals surface area contributed by atoms with Gasteiger partial charge in [0.2, 0.25) is 0 Å². The summed E-state index contributed by atoms with van der Waals surface area (Å²) in [6.45, 7) is 11.7. The number of nitrogens with one attached hydrogen (secondary N) is 1. The first-order chi connectivity index (χ1) is 7.69. The van der Waals surface area contributed by atoms with Gasteiger partial charge in [0, 0.05) is 24.7 Å². The molecule has 0 aromatic rings. The van der Waals surface area contributed by atoms with E-state index >= 15 is 0 Å². The van der Waals surface area contributed by atoms with Crippen LogP contribution in [0.5, 0.6) is 0 Å². The van der Waals surface area contributed by atoms with Crippen LogP contribution < -0.4 is 5.32 Å². The van der Waals surface area contributed by atoms with Crippen LogP contribution in [0.4, 0.5) is 0 Å². The highest BCUT2D eigenvalue weighted by Crippen LogP contribution is 2.22. The molecule has 1 fully saturated rings. The highest BCUT2D eigenvalue weighted by molar-refractivity contribution is 4.83. The molecule has 0 bridgehead atoms. The van der Waals surface area contributed by atoms with Crippen molar-refractivity contribution < 1.29 is 0 Å². The number of rotatable bonds is 7. The van der Waals surface area contributed by atoms with Gasteiger partial charge in [0.25, 0.3) is 0 Å². The Balaban J connectivity index is 2.25. The fourth-order valence-electron chi connectivity index (χ4n) is 2.90. The van der Waals surface area contributed by atoms with Crippen LogP contribution in [0.1, 0.15) is 59.8 Å². The fourth-order valence-corrected chi connectivity index (χ4v) is 2.90. The third-order valence-corrected chi connectivity index (χ3v) is 3.94. The van der Waals surface area contributed by atoms with E-state index in [0.717, 1.165) is 12.6 Å². The lowest BCUT2D eigenvalue weighted by atomic mass is 10.1. The molecule has 1 rings (SSSR count). The molecule has 0 amide bonds. The summed E-state index contributed by atoms with van der Waals surface area (Å²) < 4.78 is 0. The molecule has 2 heteroatoms. The van der Waals surface area contributed by atoms with Gasteiger partial charge in [0.15, 0.2) is 0 Å². The van der Waals surface area contributed by atoms with Crippen molar-refractivity contribution in [2.24, 2.45) is 0 Å². The number of hydrogen-bond acceptors (Lipinski definition) is 2. The molecule has 96 valence electrons. The lowest BCUT2D eigenvalue weighted by Gasteiger charge is -2.31. The zero-order valence-electron chi connectivity index (χ0n) is 11.6. The van der Waals surface area contributed by atoms with Crippen molar-refractivity contribution in [1.29, 1.82) is 0 Å². The average molecular weight is 226 g/mol. The van der Waals surface area contributed by atoms with Crippen LogP contribution in [-0.4, -0.2) is 36.1 Å². The van der Waals surface area contributed by atoms with Gasteiger partial charge < -0.3 is 5.32 Å². The van der Waals surface area contributed by atoms with Crippen molar-refractivity contribution in [3.05, 3.63) is 0 Å². The molecule has 16 heavy (non-hydrogen) atoms. The predicted molar refractivity (Wildman–Crippen MR) is 71.9 cm³/mol. The molecular formula is C14H30N2. The summed E-state index contributed by atoms with van der Waals surface area (Å²) in [6, 6.07) is 2.22. The smallest absolute Gasteiger partial charge is 0.0195 e. The first-order valence-electron chi connectivity index (χ1n) is 7.18. The minimum Gasteiger partial charge on any atom is -0.313 e. The van der Waals surface area contributed by atoms with E-state index in [1.807, 2.05) is 0 Å². The molecule has 0 aliphatic carbocycles. The standard InChI is InChI=1S/C14H30N2/c1-5-8-12(3)15-11-13(4)16-10-7-9-14(16)6-2/h12-15H,5-11H2,1-4H3. The lowest BCUT2D eigenvalue weighted by molar-refractivity contribution is 0.180. The molecule has 2 nitrogen and oxygen atoms in total. The van der Waals surface area contributed by atoms with Crippen LogP contribution in [0.3, 0.4) is 0 Å². The molecule has 1 heterocycles. The van der Waals surface area contributed by atoms with Crippen LogP contribution in [-0.2, 0) is 0 Å². The van der Waals surface area contributed by atoms with E-state index in [0.29, 0.717) is 12.1 Å². The number of likely N-dealkylation sites (tertiary alicyclic amines) is 1. The van der Waals surface area contributed by atoms with E-state index in [-0.39, 0.29) is 0 Å². The van der Waals surface area contributed by atoms with Crippen LogP contribution in [0.25, 0.3) is 0 Å². The summed E-state index contributed by atoms with van der Waals surface area (Å²) in [5.74, 6) is 0. The Morgan fingerprint density at radius 1 is 1.31 bits per heavy atom. The second-order valence-corrected chi connectivity index (χ2v) is 5.39. The van der Waals surface area contributed by atoms with Crippen molar-refractivity contribution in [2.45, 2.75) is 77.9 Å². The summed E-state index contributed by atoms with van der Waals surface area (Å²) in [5.41, 5.74) is 0. The van der Waals surface area contributed by atoms with Crippen molar-refractivity contribution >= 4 is 0 Å². The normalized spacial score (nSPS) is 25.9. The van der Waals surface area contributed by atoms with Gasteiger partial charge >= 0.3 is 0 Å². The van der Waals surface area contributed by atoms with E-state index in [4.69, 9.17) is 0 Å². The van der Waals surface area contributed by atoms with Gasteiger partial charge in [0.1, 0.15) is 0 Å². The third-order valence-electron chi connectivity index (χ3n) is 3.94. The highest BCUT2D eigenvalue weighted by Gasteiger charge is 2.26. The maximum Gasteiger partial charge on any atom is 0.0195 e. The van der Waals surface area contributed by atoms with Crippen molar-refractivity contribution in [3.63, 3.8) is 0 Å². The van der Waals surface area contributed by atoms with Crippen LogP contribution >= 0.6 is 0 Å². The second-order valence-electron chi connectivity index (χ2n) is 5.39. The molecule has 0 spiro atoms. The SMILES string of the molecule is CCCC(C)NCC(C)N1CCCC1CC. The monoisotopic (exact) mass is 226 g/mol. The molecular weight excluding hydrogens is 196 g/mol. The maximum absolute atomic E-state index is 3.66. The summed E-state index contributed by atoms with van der Waals surface area (Å²) in [7, 11) is 0. The first-order valence-corrected chi connectivity index (χ1v) is 7.18. The van der Waals surface area contributed by atoms with Gasteiger partial charge in [-0.2, -0.15) is 0 Å². The minimum absolute atomic E-state index is 0.676. The minimum atomic E-state index is 0.676. The predicted octanol–water partition coefficient (Wildman–Crippen LogP) is 3.03. The van der Waals surface area contributed by atoms with E-state index in [2.05, 4.69) is 37.9 Å². The first kappa shape index (κ1) is 14.0. The van der Waals surface area contributed by atoms with Crippen LogP contribution in [0.15, 0.2) is 0 Å². The van der Waals surface area contributed by atoms with Gasteiger partial charge in [-0.25, -0.2) is 0 Å². The summed E-state index contributed by atoms with van der Waals surface area (Å²) >= 11 is 0. The molecule has 1 aliphatic rings. The topological polar surface area (TPSA) is 15.3 Å². The maximum atomic E-state index is 3.66. The number of hydrogen-bond donors (Lipinski definition) is 1. The molecule has 0 aromatic carbocycles. The van der Waals surface area contributed by atoms with Gasteiger partial charge in [-0.15, -0.1) is 0 Å². The van der Waals surface area contributed by atoms with Gasteiger partial charge in [0.05, 0.1) is 0 Å². The molecule has 3 atom stereocenters. The Bertz CT molecular complexity index is 182. The zero-order chi connectivity index (χ0) is 12.0. The Labute approximate surface area is 102 Å². The lowest BCUT2D eigenvalue weighted by Crippen LogP contribution is -2.44. The van der Waals surface area contributed by atoms with E-state index < -0.39 is 0 Å². The molecule has 1 N–H and O–H groups in total. The quantitative estimate of drug-likeness (QED) is 0.718. The Kier molecular flexibility index (Phi) is 6.37. The van der Waals surface area contributed by atoms with Crippen LogP contribution in [0, 0.1) is 0 Å². The Morgan fingerprint density at radius 2 is 2.06 bits per heavy atom. The molecule has 0 saturated carbocycles. The molecule has 1 saturated heterocycles. The molecule has 0 aromatic heterocycles. The highest BCUT2D eigenvalue weighted by atomic mass is 15.2. The molecule has 1 aliphatic heterocycles. The Morgan fingerprint density at radius 3 is 2.69 bits per heavy atom. The zero-order valence-corrected chi connectivity index (χ0v) is 11.6. The van der Waals surface area contributed by atoms with E-state index in [1.54, 1.807) is 0 Å². The van der Waals surface area contributed by atoms with Crippen molar-refractivity contribution in [1.82, 2.24) is 10.2 Å². The molecule has 0 radical (unpaired) electrons. The van der Waals surface area contributed by atoms with Gasteiger partial charge in [-0.05, 0) is 46.1 Å². The summed E-state index contributed by atoms with van der Waals surface area (Å²) in [6.07, 6.45) is 6.70. The van der Waals surface area contributed by atoms with E-state index in [1.165, 1.54) is 38.6 Å². The van der Waals surface area contributed by atoms with Crippen LogP contribution in [0.2, 0.25) is 0 Å². The fraction of sp³-hybridized carbons (Fsp3) is 1.00. The average Bonchev–Trinajstić information content (AvgIpc) is 2.74. The largest absolute Gasteiger partial charge is 0.313 e. The number of nitrogens with zero attached hydrogens (tertiary/aromatic N) is 1. The van der Waals surface area contributed by atoms with Crippen molar-refractivity contribution in [2.75, 3.05) is 13.1 Å². The molecule has 3 unspecified atom stereocenters. The Hall–Kier alpha value is -0.0800. The third kappa shape index (κ3) is 4.06. The summed E-state index contributed by atoms with van der Waals surface area (Å²) in [5, 5.41) is 3.66. The van der Waals surface area contributed by atoms with Crippen molar-refractivity contribution in [3.8, 4) is 0 Å². The van der Waals surface area contributed by atoms with Gasteiger partial charge in [-0.1, -0.05) is 20.3 Å². The summed E-state index contributed by atoms with van der Waals surface area (Å²) in [4.78, 5) is 2.70. The van der Waals surface area contributed by atoms with Gasteiger partial charge in [-0.3, -0.25) is 4.90 Å². The van der Waals surface area contributed by atoms with E-state index in [9.17, 15) is 0 Å². The second kappa shape index (κ2) is 7.29.